The molecule has 0 atom stereocenters. The van der Waals surface area contributed by atoms with E-state index < -0.39 is 16.9 Å². The predicted octanol–water partition coefficient (Wildman–Crippen LogP) is 2.86. The lowest BCUT2D eigenvalue weighted by Crippen LogP contribution is -2.23. The van der Waals surface area contributed by atoms with Crippen LogP contribution in [0.5, 0.6) is 0 Å². The van der Waals surface area contributed by atoms with Crippen molar-refractivity contribution in [3.05, 3.63) is 58.1 Å². The third-order valence-electron chi connectivity index (χ3n) is 4.25. The van der Waals surface area contributed by atoms with E-state index in [2.05, 4.69) is 10.6 Å². The van der Waals surface area contributed by atoms with E-state index in [4.69, 9.17) is 9.47 Å². The molecule has 29 heavy (non-hydrogen) atoms. The Morgan fingerprint density at radius 1 is 1.31 bits per heavy atom. The van der Waals surface area contributed by atoms with Gasteiger partial charge in [-0.15, -0.1) is 0 Å². The summed E-state index contributed by atoms with van der Waals surface area (Å²) >= 11 is 0. The second-order valence-corrected chi connectivity index (χ2v) is 6.18. The van der Waals surface area contributed by atoms with Crippen LogP contribution in [-0.4, -0.2) is 50.3 Å². The first kappa shape index (κ1) is 20.1. The van der Waals surface area contributed by atoms with Gasteiger partial charge in [-0.1, -0.05) is 6.07 Å². The number of nitro groups is 1. The molecule has 152 valence electrons. The minimum Gasteiger partial charge on any atom is -0.447 e. The number of ether oxygens (including phenoxy) is 2. The van der Waals surface area contributed by atoms with Crippen molar-refractivity contribution in [1.29, 1.82) is 0 Å². The monoisotopic (exact) mass is 400 g/mol. The molecule has 2 aromatic carbocycles. The van der Waals surface area contributed by atoms with Crippen LogP contribution in [0.25, 0.3) is 0 Å². The SMILES string of the molecule is COCCNc1ccc(C(=O)Nc2cccc(N3CCOC3=O)c2)cc1[N+](=O)[O-]. The van der Waals surface area contributed by atoms with Gasteiger partial charge in [0.05, 0.1) is 18.1 Å². The number of nitrogens with zero attached hydrogens (tertiary/aromatic N) is 2. The fraction of sp³-hybridized carbons (Fsp3) is 0.263. The number of nitro benzene ring substituents is 1. The van der Waals surface area contributed by atoms with E-state index in [0.29, 0.717) is 43.4 Å². The summed E-state index contributed by atoms with van der Waals surface area (Å²) in [4.78, 5) is 36.5. The van der Waals surface area contributed by atoms with Gasteiger partial charge in [0.2, 0.25) is 0 Å². The standard InChI is InChI=1S/C19H20N4O6/c1-28-9-7-20-16-6-5-13(11-17(16)23(26)27)18(24)21-14-3-2-4-15(12-14)22-8-10-29-19(22)25/h2-6,11-12,20H,7-10H2,1H3,(H,21,24). The van der Waals surface area contributed by atoms with E-state index in [1.807, 2.05) is 0 Å². The highest BCUT2D eigenvalue weighted by Crippen LogP contribution is 2.27. The molecule has 2 aromatic rings. The van der Waals surface area contributed by atoms with E-state index in [1.165, 1.54) is 30.2 Å². The highest BCUT2D eigenvalue weighted by molar-refractivity contribution is 6.05. The number of hydrogen-bond donors (Lipinski definition) is 2. The molecular formula is C19H20N4O6. The second kappa shape index (κ2) is 9.02. The minimum absolute atomic E-state index is 0.139. The summed E-state index contributed by atoms with van der Waals surface area (Å²) in [6.45, 7) is 1.53. The number of nitrogens with one attached hydrogen (secondary N) is 2. The average Bonchev–Trinajstić information content (AvgIpc) is 3.14. The van der Waals surface area contributed by atoms with Crippen LogP contribution in [-0.2, 0) is 9.47 Å². The Kier molecular flexibility index (Phi) is 6.25. The fourth-order valence-corrected chi connectivity index (χ4v) is 2.84. The zero-order chi connectivity index (χ0) is 20.8. The van der Waals surface area contributed by atoms with Gasteiger partial charge >= 0.3 is 6.09 Å². The summed E-state index contributed by atoms with van der Waals surface area (Å²) in [5.74, 6) is -0.502. The van der Waals surface area contributed by atoms with E-state index in [9.17, 15) is 19.7 Å². The van der Waals surface area contributed by atoms with Crippen molar-refractivity contribution in [3.8, 4) is 0 Å². The first-order valence-electron chi connectivity index (χ1n) is 8.86. The minimum atomic E-state index is -0.550. The van der Waals surface area contributed by atoms with Gasteiger partial charge in [-0.2, -0.15) is 0 Å². The van der Waals surface area contributed by atoms with Gasteiger partial charge in [0.15, 0.2) is 0 Å². The Bertz CT molecular complexity index is 933. The number of cyclic esters (lactones) is 1. The molecule has 2 amide bonds. The maximum absolute atomic E-state index is 12.6. The normalized spacial score (nSPS) is 13.1. The summed E-state index contributed by atoms with van der Waals surface area (Å²) in [7, 11) is 1.53. The Balaban J connectivity index is 1.76. The highest BCUT2D eigenvalue weighted by atomic mass is 16.6. The van der Waals surface area contributed by atoms with E-state index in [-0.39, 0.29) is 11.3 Å². The maximum Gasteiger partial charge on any atom is 0.414 e. The van der Waals surface area contributed by atoms with Crippen molar-refractivity contribution in [2.45, 2.75) is 0 Å². The van der Waals surface area contributed by atoms with Gasteiger partial charge < -0.3 is 20.1 Å². The molecule has 2 N–H and O–H groups in total. The zero-order valence-electron chi connectivity index (χ0n) is 15.7. The third-order valence-corrected chi connectivity index (χ3v) is 4.25. The molecule has 0 unspecified atom stereocenters. The molecule has 10 nitrogen and oxygen atoms in total. The Morgan fingerprint density at radius 3 is 2.83 bits per heavy atom. The van der Waals surface area contributed by atoms with Gasteiger partial charge in [0, 0.05) is 36.7 Å². The molecule has 0 radical (unpaired) electrons. The van der Waals surface area contributed by atoms with Crippen LogP contribution in [0, 0.1) is 10.1 Å². The van der Waals surface area contributed by atoms with Crippen LogP contribution in [0.1, 0.15) is 10.4 Å². The fourth-order valence-electron chi connectivity index (χ4n) is 2.84. The lowest BCUT2D eigenvalue weighted by molar-refractivity contribution is -0.384. The number of carbonyl (C=O) groups excluding carboxylic acids is 2. The number of amides is 2. The van der Waals surface area contributed by atoms with Crippen molar-refractivity contribution in [1.82, 2.24) is 0 Å². The quantitative estimate of drug-likeness (QED) is 0.397. The summed E-state index contributed by atoms with van der Waals surface area (Å²) in [6.07, 6.45) is -0.444. The van der Waals surface area contributed by atoms with Crippen molar-refractivity contribution in [2.24, 2.45) is 0 Å². The van der Waals surface area contributed by atoms with Crippen LogP contribution in [0.15, 0.2) is 42.5 Å². The van der Waals surface area contributed by atoms with Crippen molar-refractivity contribution >= 4 is 34.7 Å². The van der Waals surface area contributed by atoms with Crippen molar-refractivity contribution in [2.75, 3.05) is 48.9 Å². The summed E-state index contributed by atoms with van der Waals surface area (Å²) < 4.78 is 9.83. The number of anilines is 3. The van der Waals surface area contributed by atoms with Crippen LogP contribution in [0.4, 0.5) is 27.5 Å². The van der Waals surface area contributed by atoms with Crippen molar-refractivity contribution in [3.63, 3.8) is 0 Å². The first-order chi connectivity index (χ1) is 14.0. The number of rotatable bonds is 8. The maximum atomic E-state index is 12.6. The average molecular weight is 400 g/mol. The van der Waals surface area contributed by atoms with Crippen LogP contribution in [0.3, 0.4) is 0 Å². The second-order valence-electron chi connectivity index (χ2n) is 6.18. The molecule has 1 saturated heterocycles. The summed E-state index contributed by atoms with van der Waals surface area (Å²) in [5.41, 5.74) is 1.28. The summed E-state index contributed by atoms with van der Waals surface area (Å²) in [5, 5.41) is 17.0. The third kappa shape index (κ3) is 4.79. The van der Waals surface area contributed by atoms with Gasteiger partial charge in [-0.3, -0.25) is 19.8 Å². The van der Waals surface area contributed by atoms with E-state index in [1.54, 1.807) is 24.3 Å². The summed E-state index contributed by atoms with van der Waals surface area (Å²) in [6, 6.07) is 10.9. The van der Waals surface area contributed by atoms with Crippen molar-refractivity contribution < 1.29 is 24.0 Å². The molecule has 1 aliphatic heterocycles. The largest absolute Gasteiger partial charge is 0.447 e. The van der Waals surface area contributed by atoms with Crippen LogP contribution >= 0.6 is 0 Å². The number of methoxy groups -OCH3 is 1. The molecule has 1 heterocycles. The number of hydrogen-bond acceptors (Lipinski definition) is 7. The van der Waals surface area contributed by atoms with Gasteiger partial charge in [0.1, 0.15) is 12.3 Å². The molecule has 0 bridgehead atoms. The Labute approximate surface area is 166 Å². The van der Waals surface area contributed by atoms with Gasteiger partial charge in [0.25, 0.3) is 11.6 Å². The molecule has 3 rings (SSSR count). The zero-order valence-corrected chi connectivity index (χ0v) is 15.7. The Hall–Kier alpha value is -3.66. The molecule has 0 aromatic heterocycles. The molecule has 0 saturated carbocycles. The predicted molar refractivity (Wildman–Crippen MR) is 107 cm³/mol. The van der Waals surface area contributed by atoms with E-state index in [0.717, 1.165) is 0 Å². The first-order valence-corrected chi connectivity index (χ1v) is 8.86. The number of benzene rings is 2. The molecule has 1 aliphatic rings. The van der Waals surface area contributed by atoms with E-state index >= 15 is 0 Å². The highest BCUT2D eigenvalue weighted by Gasteiger charge is 2.24. The Morgan fingerprint density at radius 2 is 2.14 bits per heavy atom. The lowest BCUT2D eigenvalue weighted by atomic mass is 10.1. The van der Waals surface area contributed by atoms with Gasteiger partial charge in [-0.25, -0.2) is 4.79 Å². The van der Waals surface area contributed by atoms with Crippen LogP contribution < -0.4 is 15.5 Å². The van der Waals surface area contributed by atoms with Crippen LogP contribution in [0.2, 0.25) is 0 Å². The molecule has 1 fully saturated rings. The molecule has 0 aliphatic carbocycles. The number of carbonyl (C=O) groups is 2. The topological polar surface area (TPSA) is 123 Å². The molecule has 10 heteroatoms. The van der Waals surface area contributed by atoms with Gasteiger partial charge in [-0.05, 0) is 30.3 Å². The molecule has 0 spiro atoms. The molecular weight excluding hydrogens is 380 g/mol. The lowest BCUT2D eigenvalue weighted by Gasteiger charge is -2.14. The smallest absolute Gasteiger partial charge is 0.414 e.